The highest BCUT2D eigenvalue weighted by Crippen LogP contribution is 2.08. The van der Waals surface area contributed by atoms with Crippen LogP contribution in [0.1, 0.15) is 16.7 Å². The third kappa shape index (κ3) is 4.98. The summed E-state index contributed by atoms with van der Waals surface area (Å²) >= 11 is 0. The monoisotopic (exact) mass is 298 g/mol. The summed E-state index contributed by atoms with van der Waals surface area (Å²) in [6.07, 6.45) is 5.76. The van der Waals surface area contributed by atoms with E-state index < -0.39 is 0 Å². The van der Waals surface area contributed by atoms with Crippen molar-refractivity contribution < 1.29 is 4.74 Å². The fourth-order valence-corrected chi connectivity index (χ4v) is 2.13. The Bertz CT molecular complexity index is 689. The van der Waals surface area contributed by atoms with E-state index in [4.69, 9.17) is 10.5 Å². The fraction of sp³-hybridized carbons (Fsp3) is 0.278. The molecule has 116 valence electrons. The average molecular weight is 298 g/mol. The zero-order valence-electron chi connectivity index (χ0n) is 12.9. The van der Waals surface area contributed by atoms with Gasteiger partial charge in [0.15, 0.2) is 0 Å². The lowest BCUT2D eigenvalue weighted by molar-refractivity contribution is 0.132. The van der Waals surface area contributed by atoms with Gasteiger partial charge in [-0.05, 0) is 24.1 Å². The molecule has 2 rings (SSSR count). The van der Waals surface area contributed by atoms with Gasteiger partial charge in [0, 0.05) is 25.4 Å². The summed E-state index contributed by atoms with van der Waals surface area (Å²) in [5.41, 5.74) is 8.56. The van der Waals surface area contributed by atoms with Crippen molar-refractivity contribution >= 4 is 12.2 Å². The number of hydrogen-bond donors (Lipinski definition) is 1. The van der Waals surface area contributed by atoms with E-state index in [1.165, 1.54) is 5.56 Å². The first kappa shape index (κ1) is 16.2. The molecule has 0 radical (unpaired) electrons. The van der Waals surface area contributed by atoms with Crippen molar-refractivity contribution in [2.75, 3.05) is 19.8 Å². The van der Waals surface area contributed by atoms with Crippen LogP contribution < -0.4 is 11.3 Å². The SMILES string of the molecule is Cc1cccc(/C=C/c2ccn(CCOCCN)c(=O)c2)c1. The third-order valence-corrected chi connectivity index (χ3v) is 3.27. The van der Waals surface area contributed by atoms with Gasteiger partial charge in [-0.2, -0.15) is 0 Å². The zero-order chi connectivity index (χ0) is 15.8. The predicted molar refractivity (Wildman–Crippen MR) is 90.7 cm³/mol. The maximum atomic E-state index is 12.0. The van der Waals surface area contributed by atoms with Crippen molar-refractivity contribution in [3.63, 3.8) is 0 Å². The summed E-state index contributed by atoms with van der Waals surface area (Å²) in [5, 5.41) is 0. The lowest BCUT2D eigenvalue weighted by atomic mass is 10.1. The van der Waals surface area contributed by atoms with Gasteiger partial charge in [-0.3, -0.25) is 4.79 Å². The number of aryl methyl sites for hydroxylation is 1. The largest absolute Gasteiger partial charge is 0.378 e. The number of pyridine rings is 1. The van der Waals surface area contributed by atoms with Crippen molar-refractivity contribution in [3.8, 4) is 0 Å². The minimum Gasteiger partial charge on any atom is -0.378 e. The first-order valence-electron chi connectivity index (χ1n) is 7.42. The molecule has 0 amide bonds. The Hall–Kier alpha value is -2.17. The summed E-state index contributed by atoms with van der Waals surface area (Å²) in [7, 11) is 0. The molecule has 4 heteroatoms. The number of nitrogens with two attached hydrogens (primary N) is 1. The predicted octanol–water partition coefficient (Wildman–Crippen LogP) is 2.30. The second-order valence-electron chi connectivity index (χ2n) is 5.14. The maximum Gasteiger partial charge on any atom is 0.251 e. The highest BCUT2D eigenvalue weighted by atomic mass is 16.5. The van der Waals surface area contributed by atoms with E-state index in [1.54, 1.807) is 16.8 Å². The smallest absolute Gasteiger partial charge is 0.251 e. The summed E-state index contributed by atoms with van der Waals surface area (Å²) in [6.45, 7) is 4.12. The summed E-state index contributed by atoms with van der Waals surface area (Å²) in [5.74, 6) is 0. The number of ether oxygens (including phenoxy) is 1. The molecule has 1 aromatic carbocycles. The number of rotatable bonds is 7. The van der Waals surface area contributed by atoms with Gasteiger partial charge in [0.2, 0.25) is 0 Å². The van der Waals surface area contributed by atoms with Gasteiger partial charge >= 0.3 is 0 Å². The lowest BCUT2D eigenvalue weighted by Crippen LogP contribution is -2.22. The van der Waals surface area contributed by atoms with Crippen LogP contribution in [0.2, 0.25) is 0 Å². The van der Waals surface area contributed by atoms with Gasteiger partial charge in [0.05, 0.1) is 13.2 Å². The molecule has 0 unspecified atom stereocenters. The Balaban J connectivity index is 2.01. The lowest BCUT2D eigenvalue weighted by Gasteiger charge is -2.06. The minimum atomic E-state index is -0.0252. The van der Waals surface area contributed by atoms with Crippen molar-refractivity contribution in [2.24, 2.45) is 5.73 Å². The van der Waals surface area contributed by atoms with E-state index in [2.05, 4.69) is 19.1 Å². The van der Waals surface area contributed by atoms with E-state index in [9.17, 15) is 4.79 Å². The summed E-state index contributed by atoms with van der Waals surface area (Å²) in [4.78, 5) is 12.0. The number of nitrogens with zero attached hydrogens (tertiary/aromatic N) is 1. The molecule has 0 atom stereocenters. The quantitative estimate of drug-likeness (QED) is 0.798. The first-order chi connectivity index (χ1) is 10.7. The maximum absolute atomic E-state index is 12.0. The number of hydrogen-bond acceptors (Lipinski definition) is 3. The van der Waals surface area contributed by atoms with Gasteiger partial charge in [-0.25, -0.2) is 0 Å². The van der Waals surface area contributed by atoms with Crippen LogP contribution in [0.3, 0.4) is 0 Å². The van der Waals surface area contributed by atoms with Crippen molar-refractivity contribution in [1.82, 2.24) is 4.57 Å². The highest BCUT2D eigenvalue weighted by molar-refractivity contribution is 5.69. The Labute approximate surface area is 130 Å². The van der Waals surface area contributed by atoms with Gasteiger partial charge < -0.3 is 15.0 Å². The van der Waals surface area contributed by atoms with Gasteiger partial charge in [-0.15, -0.1) is 0 Å². The molecule has 22 heavy (non-hydrogen) atoms. The molecular formula is C18H22N2O2. The van der Waals surface area contributed by atoms with Crippen LogP contribution in [0.5, 0.6) is 0 Å². The minimum absolute atomic E-state index is 0.0252. The van der Waals surface area contributed by atoms with E-state index in [0.717, 1.165) is 11.1 Å². The molecule has 0 aliphatic carbocycles. The van der Waals surface area contributed by atoms with E-state index in [-0.39, 0.29) is 5.56 Å². The van der Waals surface area contributed by atoms with E-state index in [0.29, 0.717) is 26.3 Å². The third-order valence-electron chi connectivity index (χ3n) is 3.27. The highest BCUT2D eigenvalue weighted by Gasteiger charge is 1.97. The first-order valence-corrected chi connectivity index (χ1v) is 7.42. The zero-order valence-corrected chi connectivity index (χ0v) is 12.9. The molecule has 0 saturated heterocycles. The van der Waals surface area contributed by atoms with Crippen LogP contribution in [-0.4, -0.2) is 24.3 Å². The van der Waals surface area contributed by atoms with Crippen LogP contribution in [0, 0.1) is 6.92 Å². The average Bonchev–Trinajstić information content (AvgIpc) is 2.51. The Morgan fingerprint density at radius 2 is 1.91 bits per heavy atom. The van der Waals surface area contributed by atoms with E-state index >= 15 is 0 Å². The molecule has 1 aromatic heterocycles. The second-order valence-corrected chi connectivity index (χ2v) is 5.14. The number of benzene rings is 1. The molecule has 2 aromatic rings. The van der Waals surface area contributed by atoms with Crippen LogP contribution >= 0.6 is 0 Å². The molecule has 0 bridgehead atoms. The molecule has 0 aliphatic rings. The standard InChI is InChI=1S/C18H22N2O2/c1-15-3-2-4-16(13-15)5-6-17-7-9-20(18(21)14-17)10-12-22-11-8-19/h2-7,9,13-14H,8,10-12,19H2,1H3/b6-5+. The topological polar surface area (TPSA) is 57.2 Å². The van der Waals surface area contributed by atoms with Crippen LogP contribution in [-0.2, 0) is 11.3 Å². The molecule has 0 spiro atoms. The summed E-state index contributed by atoms with van der Waals surface area (Å²) in [6, 6.07) is 11.8. The van der Waals surface area contributed by atoms with Crippen LogP contribution in [0.4, 0.5) is 0 Å². The van der Waals surface area contributed by atoms with Crippen LogP contribution in [0.25, 0.3) is 12.2 Å². The molecule has 0 aliphatic heterocycles. The molecule has 0 fully saturated rings. The van der Waals surface area contributed by atoms with Crippen LogP contribution in [0.15, 0.2) is 47.4 Å². The molecule has 1 heterocycles. The molecule has 2 N–H and O–H groups in total. The van der Waals surface area contributed by atoms with Crippen molar-refractivity contribution in [1.29, 1.82) is 0 Å². The fourth-order valence-electron chi connectivity index (χ4n) is 2.13. The van der Waals surface area contributed by atoms with Crippen molar-refractivity contribution in [3.05, 3.63) is 69.6 Å². The normalized spacial score (nSPS) is 11.2. The van der Waals surface area contributed by atoms with E-state index in [1.807, 2.05) is 30.4 Å². The Kier molecular flexibility index (Phi) is 6.13. The molecule has 4 nitrogen and oxygen atoms in total. The Morgan fingerprint density at radius 1 is 1.14 bits per heavy atom. The Morgan fingerprint density at radius 3 is 2.59 bits per heavy atom. The second kappa shape index (κ2) is 8.32. The molecular weight excluding hydrogens is 276 g/mol. The number of aromatic nitrogens is 1. The van der Waals surface area contributed by atoms with Gasteiger partial charge in [-0.1, -0.05) is 42.0 Å². The molecule has 0 saturated carbocycles. The summed E-state index contributed by atoms with van der Waals surface area (Å²) < 4.78 is 6.93. The van der Waals surface area contributed by atoms with Gasteiger partial charge in [0.25, 0.3) is 5.56 Å². The van der Waals surface area contributed by atoms with Gasteiger partial charge in [0.1, 0.15) is 0 Å². The van der Waals surface area contributed by atoms with Crippen molar-refractivity contribution in [2.45, 2.75) is 13.5 Å².